The van der Waals surface area contributed by atoms with Crippen LogP contribution in [0.15, 0.2) is 28.7 Å². The first kappa shape index (κ1) is 18.2. The maximum Gasteiger partial charge on any atom is 0.255 e. The Labute approximate surface area is 153 Å². The minimum absolute atomic E-state index is 0.113. The van der Waals surface area contributed by atoms with E-state index < -0.39 is 0 Å². The molecule has 3 rings (SSSR count). The number of aromatic nitrogens is 2. The fourth-order valence-corrected chi connectivity index (χ4v) is 3.09. The maximum atomic E-state index is 12.5. The Hall–Kier alpha value is -2.60. The summed E-state index contributed by atoms with van der Waals surface area (Å²) in [4.78, 5) is 22.4. The molecule has 0 saturated carbocycles. The van der Waals surface area contributed by atoms with Gasteiger partial charge in [0, 0.05) is 6.54 Å². The number of nitrogens with one attached hydrogen (secondary N) is 2. The lowest BCUT2D eigenvalue weighted by Crippen LogP contribution is -2.23. The van der Waals surface area contributed by atoms with Crippen molar-refractivity contribution in [1.29, 1.82) is 0 Å². The highest BCUT2D eigenvalue weighted by atomic mass is 16.3. The summed E-state index contributed by atoms with van der Waals surface area (Å²) < 4.78 is 5.77. The van der Waals surface area contributed by atoms with Crippen molar-refractivity contribution in [3.8, 4) is 0 Å². The zero-order valence-electron chi connectivity index (χ0n) is 15.8. The Morgan fingerprint density at radius 3 is 2.73 bits per heavy atom. The van der Waals surface area contributed by atoms with Crippen molar-refractivity contribution in [1.82, 2.24) is 20.2 Å². The Balaban J connectivity index is 1.66. The molecular formula is C20H26N4O2. The Morgan fingerprint density at radius 1 is 1.23 bits per heavy atom. The van der Waals surface area contributed by atoms with Crippen LogP contribution >= 0.6 is 0 Å². The summed E-state index contributed by atoms with van der Waals surface area (Å²) in [5, 5.41) is 2.98. The molecule has 0 radical (unpaired) electrons. The molecule has 0 aliphatic rings. The molecule has 2 aromatic heterocycles. The highest BCUT2D eigenvalue weighted by Crippen LogP contribution is 2.17. The van der Waals surface area contributed by atoms with Crippen molar-refractivity contribution in [3.05, 3.63) is 52.7 Å². The molecule has 0 fully saturated rings. The quantitative estimate of drug-likeness (QED) is 0.680. The SMILES string of the molecule is CCN(CC)Cc1cc(C(=O)NCc2ccc3nc(C)[nH]c3c2)c(C)o1. The highest BCUT2D eigenvalue weighted by molar-refractivity contribution is 5.95. The molecule has 138 valence electrons. The van der Waals surface area contributed by atoms with Gasteiger partial charge < -0.3 is 14.7 Å². The summed E-state index contributed by atoms with van der Waals surface area (Å²) in [6.45, 7) is 11.1. The average Bonchev–Trinajstić information content (AvgIpc) is 3.18. The smallest absolute Gasteiger partial charge is 0.255 e. The molecular weight excluding hydrogens is 328 g/mol. The summed E-state index contributed by atoms with van der Waals surface area (Å²) in [7, 11) is 0. The predicted octanol–water partition coefficient (Wildman–Crippen LogP) is 3.54. The molecule has 0 unspecified atom stereocenters. The van der Waals surface area contributed by atoms with Gasteiger partial charge in [0.15, 0.2) is 0 Å². The van der Waals surface area contributed by atoms with Crippen LogP contribution in [-0.4, -0.2) is 33.9 Å². The third kappa shape index (κ3) is 3.96. The van der Waals surface area contributed by atoms with E-state index in [1.54, 1.807) is 0 Å². The lowest BCUT2D eigenvalue weighted by Gasteiger charge is -2.15. The van der Waals surface area contributed by atoms with Crippen LogP contribution in [0.2, 0.25) is 0 Å². The predicted molar refractivity (Wildman–Crippen MR) is 102 cm³/mol. The zero-order chi connectivity index (χ0) is 18.7. The minimum atomic E-state index is -0.113. The van der Waals surface area contributed by atoms with Crippen LogP contribution < -0.4 is 5.32 Å². The Kier molecular flexibility index (Phi) is 5.42. The molecule has 6 heteroatoms. The summed E-state index contributed by atoms with van der Waals surface area (Å²) in [5.41, 5.74) is 3.55. The van der Waals surface area contributed by atoms with Gasteiger partial charge in [-0.25, -0.2) is 4.98 Å². The first-order chi connectivity index (χ1) is 12.5. The molecule has 0 saturated heterocycles. The number of imidazole rings is 1. The molecule has 2 heterocycles. The number of rotatable bonds is 7. The normalized spacial score (nSPS) is 11.4. The van der Waals surface area contributed by atoms with E-state index in [0.29, 0.717) is 17.9 Å². The van der Waals surface area contributed by atoms with Gasteiger partial charge in [-0.05, 0) is 50.7 Å². The molecule has 0 spiro atoms. The van der Waals surface area contributed by atoms with Gasteiger partial charge >= 0.3 is 0 Å². The van der Waals surface area contributed by atoms with Gasteiger partial charge in [0.25, 0.3) is 5.91 Å². The van der Waals surface area contributed by atoms with Gasteiger partial charge in [-0.3, -0.25) is 9.69 Å². The minimum Gasteiger partial charge on any atom is -0.464 e. The van der Waals surface area contributed by atoms with Crippen LogP contribution in [0.4, 0.5) is 0 Å². The van der Waals surface area contributed by atoms with E-state index in [1.807, 2.05) is 38.1 Å². The third-order valence-corrected chi connectivity index (χ3v) is 4.61. The largest absolute Gasteiger partial charge is 0.464 e. The number of benzene rings is 1. The lowest BCUT2D eigenvalue weighted by atomic mass is 10.2. The average molecular weight is 354 g/mol. The first-order valence-corrected chi connectivity index (χ1v) is 9.05. The number of carbonyl (C=O) groups is 1. The molecule has 0 bridgehead atoms. The molecule has 0 atom stereocenters. The number of carbonyl (C=O) groups excluding carboxylic acids is 1. The van der Waals surface area contributed by atoms with Gasteiger partial charge in [0.05, 0.1) is 23.1 Å². The van der Waals surface area contributed by atoms with Gasteiger partial charge in [-0.15, -0.1) is 0 Å². The number of aromatic amines is 1. The van der Waals surface area contributed by atoms with E-state index >= 15 is 0 Å². The van der Waals surface area contributed by atoms with Crippen LogP contribution in [0.1, 0.15) is 47.1 Å². The van der Waals surface area contributed by atoms with Crippen molar-refractivity contribution in [2.24, 2.45) is 0 Å². The van der Waals surface area contributed by atoms with Gasteiger partial charge in [-0.2, -0.15) is 0 Å². The monoisotopic (exact) mass is 354 g/mol. The van der Waals surface area contributed by atoms with E-state index in [4.69, 9.17) is 4.42 Å². The van der Waals surface area contributed by atoms with Crippen LogP contribution in [0.3, 0.4) is 0 Å². The fraction of sp³-hybridized carbons (Fsp3) is 0.400. The van der Waals surface area contributed by atoms with Crippen LogP contribution in [0.5, 0.6) is 0 Å². The van der Waals surface area contributed by atoms with E-state index in [9.17, 15) is 4.79 Å². The van der Waals surface area contributed by atoms with Crippen molar-refractivity contribution in [2.75, 3.05) is 13.1 Å². The van der Waals surface area contributed by atoms with Crippen molar-refractivity contribution in [3.63, 3.8) is 0 Å². The zero-order valence-corrected chi connectivity index (χ0v) is 15.8. The number of nitrogens with zero attached hydrogens (tertiary/aromatic N) is 2. The summed E-state index contributed by atoms with van der Waals surface area (Å²) in [6.07, 6.45) is 0. The fourth-order valence-electron chi connectivity index (χ4n) is 3.09. The number of H-pyrrole nitrogens is 1. The molecule has 1 amide bonds. The van der Waals surface area contributed by atoms with Crippen molar-refractivity contribution in [2.45, 2.75) is 40.8 Å². The van der Waals surface area contributed by atoms with E-state index in [1.165, 1.54) is 0 Å². The second kappa shape index (κ2) is 7.74. The number of hydrogen-bond acceptors (Lipinski definition) is 4. The Bertz CT molecular complexity index is 906. The van der Waals surface area contributed by atoms with Crippen LogP contribution in [-0.2, 0) is 13.1 Å². The topological polar surface area (TPSA) is 74.2 Å². The van der Waals surface area contributed by atoms with E-state index in [0.717, 1.165) is 47.8 Å². The van der Waals surface area contributed by atoms with Crippen molar-refractivity contribution >= 4 is 16.9 Å². The Morgan fingerprint density at radius 2 is 2.00 bits per heavy atom. The molecule has 1 aromatic carbocycles. The van der Waals surface area contributed by atoms with E-state index in [-0.39, 0.29) is 5.91 Å². The van der Waals surface area contributed by atoms with Crippen LogP contribution in [0, 0.1) is 13.8 Å². The maximum absolute atomic E-state index is 12.5. The number of furan rings is 1. The number of amides is 1. The van der Waals surface area contributed by atoms with E-state index in [2.05, 4.69) is 34.0 Å². The lowest BCUT2D eigenvalue weighted by molar-refractivity contribution is 0.0949. The summed E-state index contributed by atoms with van der Waals surface area (Å²) in [6, 6.07) is 7.82. The van der Waals surface area contributed by atoms with Gasteiger partial charge in [0.2, 0.25) is 0 Å². The first-order valence-electron chi connectivity index (χ1n) is 9.05. The molecule has 6 nitrogen and oxygen atoms in total. The third-order valence-electron chi connectivity index (χ3n) is 4.61. The molecule has 0 aliphatic heterocycles. The standard InChI is InChI=1S/C20H26N4O2/c1-5-24(6-2)12-16-10-17(13(3)26-16)20(25)21-11-15-7-8-18-19(9-15)23-14(4)22-18/h7-10H,5-6,11-12H2,1-4H3,(H,21,25)(H,22,23). The number of fused-ring (bicyclic) bond motifs is 1. The second-order valence-electron chi connectivity index (χ2n) is 6.50. The number of aryl methyl sites for hydroxylation is 2. The second-order valence-corrected chi connectivity index (χ2v) is 6.50. The highest BCUT2D eigenvalue weighted by Gasteiger charge is 2.16. The van der Waals surface area contributed by atoms with Crippen LogP contribution in [0.25, 0.3) is 11.0 Å². The molecule has 26 heavy (non-hydrogen) atoms. The summed E-state index contributed by atoms with van der Waals surface area (Å²) >= 11 is 0. The summed E-state index contributed by atoms with van der Waals surface area (Å²) in [5.74, 6) is 2.25. The van der Waals surface area contributed by atoms with Gasteiger partial charge in [-0.1, -0.05) is 19.9 Å². The van der Waals surface area contributed by atoms with Gasteiger partial charge in [0.1, 0.15) is 17.3 Å². The molecule has 3 aromatic rings. The number of hydrogen-bond donors (Lipinski definition) is 2. The molecule has 0 aliphatic carbocycles. The molecule has 2 N–H and O–H groups in total. The van der Waals surface area contributed by atoms with Crippen molar-refractivity contribution < 1.29 is 9.21 Å².